The van der Waals surface area contributed by atoms with E-state index in [0.29, 0.717) is 0 Å². The maximum Gasteiger partial charge on any atom is -0.0190 e. The van der Waals surface area contributed by atoms with Gasteiger partial charge in [-0.3, -0.25) is 0 Å². The lowest BCUT2D eigenvalue weighted by Crippen LogP contribution is -1.38. The Bertz CT molecular complexity index is 55.9. The van der Waals surface area contributed by atoms with Crippen molar-refractivity contribution in [3.8, 4) is 0 Å². The highest BCUT2D eigenvalue weighted by Gasteiger charge is 1.45. The van der Waals surface area contributed by atoms with Gasteiger partial charge in [0.05, 0.1) is 0 Å². The van der Waals surface area contributed by atoms with Gasteiger partial charge >= 0.3 is 0 Å². The maximum atomic E-state index is 4.46. The molecule has 0 bridgehead atoms. The smallest absolute Gasteiger partial charge is 0.0190 e. The summed E-state index contributed by atoms with van der Waals surface area (Å²) < 4.78 is 0. The van der Waals surface area contributed by atoms with E-state index < -0.39 is 0 Å². The second-order valence-corrected chi connectivity index (χ2v) is 1.45. The fraction of sp³-hybridized carbons (Fsp3) is 0. The molecule has 0 aliphatic rings. The largest absolute Gasteiger partial charge is 0.787 e. The summed E-state index contributed by atoms with van der Waals surface area (Å²) in [7, 11) is 0. The quantitative estimate of drug-likeness (QED) is 0.421. The molecule has 0 radical (unpaired) electrons. The highest BCUT2D eigenvalue weighted by Crippen LogP contribution is 1.81. The lowest BCUT2D eigenvalue weighted by Gasteiger charge is -1.77. The van der Waals surface area contributed by atoms with Gasteiger partial charge in [-0.25, -0.2) is 5.41 Å². The SMILES string of the molecule is [S-]C=CC=CBr. The molecule has 0 fully saturated rings. The van der Waals surface area contributed by atoms with Crippen molar-refractivity contribution in [3.63, 3.8) is 0 Å². The number of hydrogen-bond acceptors (Lipinski definition) is 1. The van der Waals surface area contributed by atoms with Crippen molar-refractivity contribution >= 4 is 28.6 Å². The normalized spacial score (nSPS) is 11.5. The van der Waals surface area contributed by atoms with Crippen LogP contribution in [0.2, 0.25) is 0 Å². The van der Waals surface area contributed by atoms with Gasteiger partial charge in [0, 0.05) is 0 Å². The molecule has 0 aromatic rings. The highest BCUT2D eigenvalue weighted by atomic mass is 79.9. The average Bonchev–Trinajstić information content (AvgIpc) is 1.61. The molecule has 34 valence electrons. The summed E-state index contributed by atoms with van der Waals surface area (Å²) in [6, 6.07) is 0. The number of rotatable bonds is 1. The van der Waals surface area contributed by atoms with E-state index in [4.69, 9.17) is 0 Å². The molecule has 0 amide bonds. The van der Waals surface area contributed by atoms with Gasteiger partial charge in [0.15, 0.2) is 0 Å². The Kier molecular flexibility index (Phi) is 5.34. The molecule has 0 aromatic heterocycles. The molecule has 0 N–H and O–H groups in total. The summed E-state index contributed by atoms with van der Waals surface area (Å²) in [6.07, 6.45) is 3.58. The van der Waals surface area contributed by atoms with E-state index in [1.165, 1.54) is 0 Å². The molecule has 0 unspecified atom stereocenters. The van der Waals surface area contributed by atoms with E-state index in [1.54, 1.807) is 16.5 Å². The Hall–Kier alpha value is 0.180. The Morgan fingerprint density at radius 3 is 2.17 bits per heavy atom. The van der Waals surface area contributed by atoms with Gasteiger partial charge in [-0.05, 0) is 4.99 Å². The van der Waals surface area contributed by atoms with Crippen LogP contribution >= 0.6 is 15.9 Å². The van der Waals surface area contributed by atoms with Gasteiger partial charge in [0.25, 0.3) is 0 Å². The summed E-state index contributed by atoms with van der Waals surface area (Å²) in [4.78, 5) is 1.75. The molecular formula is C4H4BrS-. The molecule has 0 aliphatic carbocycles. The average molecular weight is 164 g/mol. The van der Waals surface area contributed by atoms with Gasteiger partial charge in [-0.15, -0.1) is 0 Å². The first-order valence-electron chi connectivity index (χ1n) is 1.45. The minimum atomic E-state index is 1.55. The minimum absolute atomic E-state index is 1.55. The van der Waals surface area contributed by atoms with E-state index in [-0.39, 0.29) is 0 Å². The van der Waals surface area contributed by atoms with Gasteiger partial charge in [-0.2, -0.15) is 0 Å². The Morgan fingerprint density at radius 1 is 1.33 bits per heavy atom. The van der Waals surface area contributed by atoms with Crippen molar-refractivity contribution in [2.75, 3.05) is 0 Å². The molecule has 2 heteroatoms. The highest BCUT2D eigenvalue weighted by molar-refractivity contribution is 9.11. The Balaban J connectivity index is 3.07. The van der Waals surface area contributed by atoms with Crippen LogP contribution in [0.3, 0.4) is 0 Å². The summed E-state index contributed by atoms with van der Waals surface area (Å²) in [5, 5.41) is 1.55. The molecule has 0 heterocycles. The summed E-state index contributed by atoms with van der Waals surface area (Å²) >= 11 is 7.54. The van der Waals surface area contributed by atoms with E-state index >= 15 is 0 Å². The van der Waals surface area contributed by atoms with Crippen molar-refractivity contribution in [3.05, 3.63) is 22.5 Å². The fourth-order valence-corrected chi connectivity index (χ4v) is 0.354. The lowest BCUT2D eigenvalue weighted by atomic mass is 10.6. The molecule has 0 aliphatic heterocycles. The molecule has 0 saturated heterocycles. The van der Waals surface area contributed by atoms with E-state index in [1.807, 2.05) is 6.08 Å². The summed E-state index contributed by atoms with van der Waals surface area (Å²) in [5.74, 6) is 0. The van der Waals surface area contributed by atoms with Crippen LogP contribution in [-0.4, -0.2) is 0 Å². The molecule has 0 aromatic carbocycles. The van der Waals surface area contributed by atoms with Crippen molar-refractivity contribution < 1.29 is 0 Å². The van der Waals surface area contributed by atoms with Crippen molar-refractivity contribution in [2.24, 2.45) is 0 Å². The lowest BCUT2D eigenvalue weighted by molar-refractivity contribution is 2.11. The van der Waals surface area contributed by atoms with Crippen LogP contribution in [0.5, 0.6) is 0 Å². The Morgan fingerprint density at radius 2 is 2.00 bits per heavy atom. The van der Waals surface area contributed by atoms with Crippen LogP contribution < -0.4 is 0 Å². The van der Waals surface area contributed by atoms with Gasteiger partial charge in [0.2, 0.25) is 0 Å². The van der Waals surface area contributed by atoms with Crippen LogP contribution in [0.25, 0.3) is 0 Å². The second-order valence-electron chi connectivity index (χ2n) is 0.647. The van der Waals surface area contributed by atoms with Crippen LogP contribution in [0.4, 0.5) is 0 Å². The number of allylic oxidation sites excluding steroid dienone is 2. The fourth-order valence-electron chi connectivity index (χ4n) is 0.0874. The minimum Gasteiger partial charge on any atom is -0.787 e. The van der Waals surface area contributed by atoms with Crippen molar-refractivity contribution in [1.82, 2.24) is 0 Å². The predicted molar refractivity (Wildman–Crippen MR) is 34.6 cm³/mol. The molecule has 0 rings (SSSR count). The monoisotopic (exact) mass is 163 g/mol. The zero-order chi connectivity index (χ0) is 4.83. The third kappa shape index (κ3) is 4.18. The molecule has 0 spiro atoms. The predicted octanol–water partition coefficient (Wildman–Crippen LogP) is 1.96. The van der Waals surface area contributed by atoms with E-state index in [2.05, 4.69) is 28.6 Å². The molecule has 0 atom stereocenters. The third-order valence-electron chi connectivity index (χ3n) is 0.262. The van der Waals surface area contributed by atoms with E-state index in [9.17, 15) is 0 Å². The van der Waals surface area contributed by atoms with Crippen LogP contribution in [0.1, 0.15) is 0 Å². The van der Waals surface area contributed by atoms with Crippen LogP contribution in [0, 0.1) is 0 Å². The molecule has 0 nitrogen and oxygen atoms in total. The Labute approximate surface area is 51.5 Å². The molecular weight excluding hydrogens is 160 g/mol. The van der Waals surface area contributed by atoms with E-state index in [0.717, 1.165) is 0 Å². The summed E-state index contributed by atoms with van der Waals surface area (Å²) in [5.41, 5.74) is 0. The first-order chi connectivity index (χ1) is 2.91. The standard InChI is InChI=1S/C4H5BrS/c5-3-1-2-4-6/h1-4,6H/p-1. The topological polar surface area (TPSA) is 0 Å². The summed E-state index contributed by atoms with van der Waals surface area (Å²) in [6.45, 7) is 0. The number of halogens is 1. The number of hydrogen-bond donors (Lipinski definition) is 0. The maximum absolute atomic E-state index is 4.46. The first kappa shape index (κ1) is 6.18. The zero-order valence-electron chi connectivity index (χ0n) is 3.10. The second kappa shape index (κ2) is 5.18. The van der Waals surface area contributed by atoms with Gasteiger partial charge in [-0.1, -0.05) is 28.1 Å². The first-order valence-corrected chi connectivity index (χ1v) is 2.84. The van der Waals surface area contributed by atoms with Crippen LogP contribution in [-0.2, 0) is 12.6 Å². The molecule has 0 saturated carbocycles. The zero-order valence-corrected chi connectivity index (χ0v) is 5.50. The molecule has 6 heavy (non-hydrogen) atoms. The van der Waals surface area contributed by atoms with Crippen molar-refractivity contribution in [2.45, 2.75) is 0 Å². The van der Waals surface area contributed by atoms with Gasteiger partial charge in [0.1, 0.15) is 0 Å². The van der Waals surface area contributed by atoms with Crippen molar-refractivity contribution in [1.29, 1.82) is 0 Å². The van der Waals surface area contributed by atoms with Crippen LogP contribution in [0.15, 0.2) is 22.5 Å². The van der Waals surface area contributed by atoms with Gasteiger partial charge < -0.3 is 12.6 Å². The third-order valence-corrected chi connectivity index (χ3v) is 0.725.